The number of nitrogens with one attached hydrogen (secondary N) is 4. The van der Waals surface area contributed by atoms with Gasteiger partial charge >= 0.3 is 6.03 Å². The molecule has 0 aliphatic carbocycles. The second-order valence-electron chi connectivity index (χ2n) is 8.92. The third kappa shape index (κ3) is 7.42. The first-order chi connectivity index (χ1) is 18.0. The molecule has 1 atom stereocenters. The molecule has 0 saturated heterocycles. The summed E-state index contributed by atoms with van der Waals surface area (Å²) in [6.45, 7) is 1.58. The Labute approximate surface area is 215 Å². The predicted molar refractivity (Wildman–Crippen MR) is 146 cm³/mol. The van der Waals surface area contributed by atoms with Gasteiger partial charge in [0.15, 0.2) is 0 Å². The number of urea groups is 1. The number of hydrogen-bond donors (Lipinski definition) is 6. The standard InChI is InChI=1S/C29H32N4O4/c34-25-14-12-23(24-13-15-27(36)33-28(24)25)26(35)19-30-18-16-21-8-10-22(11-9-21)32-29(37)31-17-4-7-20-5-2-1-3-6-20/h1-3,5-6,8-15,26,30,34-35H,4,7,16-19H2,(H,33,36)(H2,31,32,37)/t26-/m1/s1. The molecule has 1 aromatic heterocycles. The number of H-pyrrole nitrogens is 1. The number of fused-ring (bicyclic) bond motifs is 1. The van der Waals surface area contributed by atoms with Crippen LogP contribution < -0.4 is 21.5 Å². The number of amides is 2. The van der Waals surface area contributed by atoms with Crippen molar-refractivity contribution in [3.05, 3.63) is 106 Å². The van der Waals surface area contributed by atoms with E-state index in [-0.39, 0.29) is 17.3 Å². The third-order valence-corrected chi connectivity index (χ3v) is 6.18. The van der Waals surface area contributed by atoms with E-state index in [0.29, 0.717) is 36.1 Å². The van der Waals surface area contributed by atoms with Crippen LogP contribution in [0, 0.1) is 0 Å². The zero-order chi connectivity index (χ0) is 26.0. The van der Waals surface area contributed by atoms with Crippen molar-refractivity contribution in [1.82, 2.24) is 15.6 Å². The lowest BCUT2D eigenvalue weighted by molar-refractivity contribution is 0.176. The highest BCUT2D eigenvalue weighted by atomic mass is 16.3. The molecule has 1 heterocycles. The minimum Gasteiger partial charge on any atom is -0.506 e. The van der Waals surface area contributed by atoms with Crippen molar-refractivity contribution >= 4 is 22.6 Å². The van der Waals surface area contributed by atoms with Gasteiger partial charge in [-0.1, -0.05) is 48.5 Å². The predicted octanol–water partition coefficient (Wildman–Crippen LogP) is 3.85. The van der Waals surface area contributed by atoms with E-state index in [9.17, 15) is 19.8 Å². The van der Waals surface area contributed by atoms with Crippen LogP contribution in [-0.4, -0.2) is 40.9 Å². The Morgan fingerprint density at radius 2 is 1.62 bits per heavy atom. The first kappa shape index (κ1) is 25.9. The van der Waals surface area contributed by atoms with Gasteiger partial charge in [-0.2, -0.15) is 0 Å². The lowest BCUT2D eigenvalue weighted by Gasteiger charge is -2.15. The van der Waals surface area contributed by atoms with Gasteiger partial charge in [0.2, 0.25) is 5.56 Å². The second-order valence-corrected chi connectivity index (χ2v) is 8.92. The first-order valence-electron chi connectivity index (χ1n) is 12.4. The number of aryl methyl sites for hydroxylation is 1. The maximum Gasteiger partial charge on any atom is 0.319 e. The number of pyridine rings is 1. The lowest BCUT2D eigenvalue weighted by Crippen LogP contribution is -2.29. The number of carbonyl (C=O) groups is 1. The molecule has 37 heavy (non-hydrogen) atoms. The average Bonchev–Trinajstić information content (AvgIpc) is 2.91. The van der Waals surface area contributed by atoms with E-state index < -0.39 is 6.10 Å². The molecule has 0 aliphatic heterocycles. The van der Waals surface area contributed by atoms with Gasteiger partial charge in [-0.05, 0) is 66.8 Å². The number of phenolic OH excluding ortho intramolecular Hbond substituents is 1. The summed E-state index contributed by atoms with van der Waals surface area (Å²) >= 11 is 0. The number of aromatic hydroxyl groups is 1. The van der Waals surface area contributed by atoms with Gasteiger partial charge in [-0.15, -0.1) is 0 Å². The summed E-state index contributed by atoms with van der Waals surface area (Å²) in [7, 11) is 0. The zero-order valence-corrected chi connectivity index (χ0v) is 20.5. The van der Waals surface area contributed by atoms with E-state index in [2.05, 4.69) is 33.1 Å². The minimum absolute atomic E-state index is 0.0323. The Morgan fingerprint density at radius 1 is 0.865 bits per heavy atom. The van der Waals surface area contributed by atoms with E-state index in [1.54, 1.807) is 12.1 Å². The van der Waals surface area contributed by atoms with Gasteiger partial charge in [-0.25, -0.2) is 4.79 Å². The van der Waals surface area contributed by atoms with Crippen molar-refractivity contribution in [3.63, 3.8) is 0 Å². The van der Waals surface area contributed by atoms with Gasteiger partial charge in [0, 0.05) is 30.2 Å². The molecule has 4 aromatic rings. The minimum atomic E-state index is -0.799. The third-order valence-electron chi connectivity index (χ3n) is 6.18. The van der Waals surface area contributed by atoms with Crippen LogP contribution in [0.15, 0.2) is 83.7 Å². The van der Waals surface area contributed by atoms with E-state index >= 15 is 0 Å². The summed E-state index contributed by atoms with van der Waals surface area (Å²) in [4.78, 5) is 26.3. The summed E-state index contributed by atoms with van der Waals surface area (Å²) in [5.74, 6) is -0.0323. The highest BCUT2D eigenvalue weighted by molar-refractivity contribution is 5.89. The zero-order valence-electron chi connectivity index (χ0n) is 20.5. The summed E-state index contributed by atoms with van der Waals surface area (Å²) in [5.41, 5.74) is 3.72. The fourth-order valence-electron chi connectivity index (χ4n) is 4.20. The molecular formula is C29H32N4O4. The molecule has 0 aliphatic rings. The number of phenols is 1. The molecule has 0 spiro atoms. The Bertz CT molecular complexity index is 1370. The van der Waals surface area contributed by atoms with Crippen molar-refractivity contribution in [2.24, 2.45) is 0 Å². The van der Waals surface area contributed by atoms with Gasteiger partial charge in [0.05, 0.1) is 11.6 Å². The molecule has 0 bridgehead atoms. The van der Waals surface area contributed by atoms with E-state index in [1.165, 1.54) is 17.7 Å². The van der Waals surface area contributed by atoms with E-state index in [0.717, 1.165) is 30.5 Å². The van der Waals surface area contributed by atoms with Gasteiger partial charge < -0.3 is 31.1 Å². The Kier molecular flexibility index (Phi) is 8.91. The number of benzene rings is 3. The fourth-order valence-corrected chi connectivity index (χ4v) is 4.20. The average molecular weight is 501 g/mol. The summed E-state index contributed by atoms with van der Waals surface area (Å²) in [5, 5.41) is 30.2. The number of carbonyl (C=O) groups excluding carboxylic acids is 1. The summed E-state index contributed by atoms with van der Waals surface area (Å²) < 4.78 is 0. The second kappa shape index (κ2) is 12.7. The molecule has 0 radical (unpaired) electrons. The van der Waals surface area contributed by atoms with Gasteiger partial charge in [-0.3, -0.25) is 4.79 Å². The maximum absolute atomic E-state index is 12.1. The Hall–Kier alpha value is -4.14. The molecule has 6 N–H and O–H groups in total. The van der Waals surface area contributed by atoms with Crippen LogP contribution in [0.5, 0.6) is 5.75 Å². The van der Waals surface area contributed by atoms with Gasteiger partial charge in [0.1, 0.15) is 5.75 Å². The molecule has 0 fully saturated rings. The smallest absolute Gasteiger partial charge is 0.319 e. The van der Waals surface area contributed by atoms with Crippen molar-refractivity contribution < 1.29 is 15.0 Å². The molecule has 0 saturated carbocycles. The normalized spacial score (nSPS) is 11.8. The summed E-state index contributed by atoms with van der Waals surface area (Å²) in [6, 6.07) is 23.8. The van der Waals surface area contributed by atoms with Crippen LogP contribution in [0.3, 0.4) is 0 Å². The highest BCUT2D eigenvalue weighted by Gasteiger charge is 2.13. The molecule has 0 unspecified atom stereocenters. The summed E-state index contributed by atoms with van der Waals surface area (Å²) in [6.07, 6.45) is 1.75. The topological polar surface area (TPSA) is 126 Å². The van der Waals surface area contributed by atoms with E-state index in [1.807, 2.05) is 42.5 Å². The number of rotatable bonds is 11. The number of anilines is 1. The lowest BCUT2D eigenvalue weighted by atomic mass is 10.0. The van der Waals surface area contributed by atoms with E-state index in [4.69, 9.17) is 0 Å². The van der Waals surface area contributed by atoms with Crippen LogP contribution >= 0.6 is 0 Å². The van der Waals surface area contributed by atoms with Crippen LogP contribution in [-0.2, 0) is 12.8 Å². The molecule has 8 heteroatoms. The van der Waals surface area contributed by atoms with Crippen LogP contribution in [0.4, 0.5) is 10.5 Å². The number of aliphatic hydroxyl groups excluding tert-OH is 1. The van der Waals surface area contributed by atoms with Crippen molar-refractivity contribution in [2.45, 2.75) is 25.4 Å². The van der Waals surface area contributed by atoms with Crippen LogP contribution in [0.2, 0.25) is 0 Å². The highest BCUT2D eigenvalue weighted by Crippen LogP contribution is 2.28. The molecule has 192 valence electrons. The van der Waals surface area contributed by atoms with Crippen molar-refractivity contribution in [1.29, 1.82) is 0 Å². The van der Waals surface area contributed by atoms with Crippen LogP contribution in [0.25, 0.3) is 10.9 Å². The maximum atomic E-state index is 12.1. The Balaban J connectivity index is 1.17. The molecule has 8 nitrogen and oxygen atoms in total. The fraction of sp³-hybridized carbons (Fsp3) is 0.241. The van der Waals surface area contributed by atoms with Crippen LogP contribution in [0.1, 0.15) is 29.2 Å². The monoisotopic (exact) mass is 500 g/mol. The number of hydrogen-bond acceptors (Lipinski definition) is 5. The van der Waals surface area contributed by atoms with Crippen molar-refractivity contribution in [3.8, 4) is 5.75 Å². The number of aliphatic hydroxyl groups is 1. The molecule has 2 amide bonds. The largest absolute Gasteiger partial charge is 0.506 e. The molecular weight excluding hydrogens is 468 g/mol. The van der Waals surface area contributed by atoms with Gasteiger partial charge in [0.25, 0.3) is 0 Å². The first-order valence-corrected chi connectivity index (χ1v) is 12.4. The number of aromatic nitrogens is 1. The molecule has 4 rings (SSSR count). The SMILES string of the molecule is O=C(NCCCc1ccccc1)Nc1ccc(CCNC[C@@H](O)c2ccc(O)c3[nH]c(=O)ccc23)cc1. The Morgan fingerprint density at radius 3 is 2.41 bits per heavy atom. The molecule has 3 aromatic carbocycles. The quantitative estimate of drug-likeness (QED) is 0.174. The number of aromatic amines is 1. The van der Waals surface area contributed by atoms with Crippen molar-refractivity contribution in [2.75, 3.05) is 25.0 Å².